The van der Waals surface area contributed by atoms with Crippen molar-refractivity contribution in [2.75, 3.05) is 13.1 Å². The Balaban J connectivity index is 1.90. The lowest BCUT2D eigenvalue weighted by molar-refractivity contribution is 0.148. The topological polar surface area (TPSA) is 77.2 Å². The minimum atomic E-state index is -0.923. The van der Waals surface area contributed by atoms with Gasteiger partial charge in [0.05, 0.1) is 11.8 Å². The lowest BCUT2D eigenvalue weighted by Crippen LogP contribution is -2.33. The third kappa shape index (κ3) is 1.33. The predicted octanol–water partition coefficient (Wildman–Crippen LogP) is 1.74. The number of halogens is 1. The Bertz CT molecular complexity index is 557. The van der Waals surface area contributed by atoms with Crippen LogP contribution in [0, 0.1) is 23.2 Å². The Kier molecular flexibility index (Phi) is 2.26. The molecule has 0 radical (unpaired) electrons. The van der Waals surface area contributed by atoms with Gasteiger partial charge in [-0.15, -0.1) is 0 Å². The van der Waals surface area contributed by atoms with Crippen molar-refractivity contribution >= 4 is 17.7 Å². The van der Waals surface area contributed by atoms with Crippen LogP contribution in [0.25, 0.3) is 0 Å². The number of hydrogen-bond donors (Lipinski definition) is 1. The van der Waals surface area contributed by atoms with E-state index in [1.807, 2.05) is 0 Å². The monoisotopic (exact) mass is 263 g/mol. The van der Waals surface area contributed by atoms with Crippen LogP contribution >= 0.6 is 11.6 Å². The number of pyridine rings is 1. The van der Waals surface area contributed by atoms with Crippen LogP contribution in [-0.2, 0) is 5.41 Å². The van der Waals surface area contributed by atoms with Crippen LogP contribution in [0.4, 0.5) is 4.79 Å². The number of fused-ring (bicyclic) bond motifs is 1. The highest BCUT2D eigenvalue weighted by atomic mass is 35.5. The van der Waals surface area contributed by atoms with E-state index in [2.05, 4.69) is 11.1 Å². The molecule has 18 heavy (non-hydrogen) atoms. The molecule has 2 fully saturated rings. The van der Waals surface area contributed by atoms with E-state index in [0.717, 1.165) is 0 Å². The molecule has 3 atom stereocenters. The van der Waals surface area contributed by atoms with Crippen molar-refractivity contribution in [3.63, 3.8) is 0 Å². The van der Waals surface area contributed by atoms with E-state index >= 15 is 0 Å². The molecule has 1 saturated carbocycles. The SMILES string of the molecule is N#CC1(c2cccc(Cl)n2)[C@@H]2CN(C(=O)O)C[C@@H]21. The molecule has 0 spiro atoms. The highest BCUT2D eigenvalue weighted by Gasteiger charge is 2.71. The van der Waals surface area contributed by atoms with E-state index in [1.165, 1.54) is 4.90 Å². The summed E-state index contributed by atoms with van der Waals surface area (Å²) in [5.74, 6) is 0.0918. The Morgan fingerprint density at radius 2 is 2.22 bits per heavy atom. The van der Waals surface area contributed by atoms with Gasteiger partial charge in [0.1, 0.15) is 10.6 Å². The Hall–Kier alpha value is -1.80. The van der Waals surface area contributed by atoms with E-state index < -0.39 is 11.5 Å². The maximum absolute atomic E-state index is 10.9. The molecule has 2 aliphatic rings. The summed E-state index contributed by atoms with van der Waals surface area (Å²) in [6, 6.07) is 7.54. The van der Waals surface area contributed by atoms with Gasteiger partial charge in [0, 0.05) is 24.9 Å². The largest absolute Gasteiger partial charge is 0.465 e. The maximum atomic E-state index is 10.9. The first-order valence-electron chi connectivity index (χ1n) is 5.61. The zero-order chi connectivity index (χ0) is 12.9. The maximum Gasteiger partial charge on any atom is 0.407 e. The molecule has 3 rings (SSSR count). The van der Waals surface area contributed by atoms with Crippen molar-refractivity contribution in [1.82, 2.24) is 9.88 Å². The van der Waals surface area contributed by atoms with Crippen molar-refractivity contribution in [3.05, 3.63) is 29.0 Å². The zero-order valence-corrected chi connectivity index (χ0v) is 10.1. The number of nitriles is 1. The second kappa shape index (κ2) is 3.59. The molecule has 1 N–H and O–H groups in total. The molecule has 92 valence electrons. The Morgan fingerprint density at radius 3 is 2.72 bits per heavy atom. The molecule has 5 nitrogen and oxygen atoms in total. The van der Waals surface area contributed by atoms with Gasteiger partial charge in [-0.1, -0.05) is 17.7 Å². The normalized spacial score (nSPS) is 32.8. The molecule has 1 saturated heterocycles. The summed E-state index contributed by atoms with van der Waals surface area (Å²) < 4.78 is 0. The fourth-order valence-electron chi connectivity index (χ4n) is 3.03. The fraction of sp³-hybridized carbons (Fsp3) is 0.417. The van der Waals surface area contributed by atoms with Crippen LogP contribution in [0.5, 0.6) is 0 Å². The third-order valence-corrected chi connectivity index (χ3v) is 4.19. The molecular formula is C12H10ClN3O2. The van der Waals surface area contributed by atoms with Crippen molar-refractivity contribution in [3.8, 4) is 6.07 Å². The van der Waals surface area contributed by atoms with Gasteiger partial charge < -0.3 is 10.0 Å². The summed E-state index contributed by atoms with van der Waals surface area (Å²) in [6.07, 6.45) is -0.923. The van der Waals surface area contributed by atoms with Gasteiger partial charge in [0.15, 0.2) is 0 Å². The summed E-state index contributed by atoms with van der Waals surface area (Å²) >= 11 is 5.85. The van der Waals surface area contributed by atoms with Crippen LogP contribution in [-0.4, -0.2) is 34.2 Å². The van der Waals surface area contributed by atoms with Gasteiger partial charge in [0.25, 0.3) is 0 Å². The highest BCUT2D eigenvalue weighted by molar-refractivity contribution is 6.29. The molecule has 1 unspecified atom stereocenters. The van der Waals surface area contributed by atoms with Crippen molar-refractivity contribution in [1.29, 1.82) is 5.26 Å². The predicted molar refractivity (Wildman–Crippen MR) is 63.1 cm³/mol. The van der Waals surface area contributed by atoms with Gasteiger partial charge in [-0.2, -0.15) is 5.26 Å². The van der Waals surface area contributed by atoms with Crippen LogP contribution < -0.4 is 0 Å². The second-order valence-corrected chi connectivity index (χ2v) is 5.11. The Morgan fingerprint density at radius 1 is 1.56 bits per heavy atom. The van der Waals surface area contributed by atoms with Crippen LogP contribution in [0.2, 0.25) is 5.15 Å². The van der Waals surface area contributed by atoms with Gasteiger partial charge in [0.2, 0.25) is 0 Å². The fourth-order valence-corrected chi connectivity index (χ4v) is 3.19. The average molecular weight is 264 g/mol. The number of piperidine rings is 1. The summed E-state index contributed by atoms with van der Waals surface area (Å²) in [7, 11) is 0. The van der Waals surface area contributed by atoms with E-state index in [-0.39, 0.29) is 11.8 Å². The number of likely N-dealkylation sites (tertiary alicyclic amines) is 1. The quantitative estimate of drug-likeness (QED) is 0.783. The van der Waals surface area contributed by atoms with Crippen molar-refractivity contribution in [2.45, 2.75) is 5.41 Å². The molecule has 1 amide bonds. The highest BCUT2D eigenvalue weighted by Crippen LogP contribution is 2.62. The summed E-state index contributed by atoms with van der Waals surface area (Å²) in [5.41, 5.74) is 0.0224. The van der Waals surface area contributed by atoms with E-state index in [1.54, 1.807) is 18.2 Å². The van der Waals surface area contributed by atoms with E-state index in [4.69, 9.17) is 16.7 Å². The lowest BCUT2D eigenvalue weighted by atomic mass is 9.96. The first-order chi connectivity index (χ1) is 8.59. The standard InChI is InChI=1S/C12H10ClN3O2/c13-10-3-1-2-9(15-10)12(6-14)7-4-16(11(17)18)5-8(7)12/h1-3,7-8H,4-5H2,(H,17,18)/t7-,8+,12?. The molecule has 1 aliphatic heterocycles. The smallest absolute Gasteiger partial charge is 0.407 e. The first kappa shape index (κ1) is 11.3. The molecule has 2 heterocycles. The Labute approximate surface area is 109 Å². The number of nitrogens with zero attached hydrogens (tertiary/aromatic N) is 3. The molecule has 0 bridgehead atoms. The number of carboxylic acid groups (broad SMARTS) is 1. The average Bonchev–Trinajstić information content (AvgIpc) is 2.73. The first-order valence-corrected chi connectivity index (χ1v) is 5.99. The molecule has 6 heteroatoms. The van der Waals surface area contributed by atoms with Gasteiger partial charge in [-0.3, -0.25) is 0 Å². The number of aromatic nitrogens is 1. The van der Waals surface area contributed by atoms with E-state index in [9.17, 15) is 10.1 Å². The third-order valence-electron chi connectivity index (χ3n) is 3.97. The zero-order valence-electron chi connectivity index (χ0n) is 9.38. The van der Waals surface area contributed by atoms with Gasteiger partial charge in [-0.25, -0.2) is 9.78 Å². The number of hydrogen-bond acceptors (Lipinski definition) is 3. The van der Waals surface area contributed by atoms with E-state index in [0.29, 0.717) is 23.9 Å². The summed E-state index contributed by atoms with van der Waals surface area (Å²) in [5, 5.41) is 18.7. The molecular weight excluding hydrogens is 254 g/mol. The number of carbonyl (C=O) groups is 1. The molecule has 0 aromatic carbocycles. The summed E-state index contributed by atoms with van der Waals surface area (Å²) in [4.78, 5) is 16.4. The van der Waals surface area contributed by atoms with Crippen LogP contribution in [0.1, 0.15) is 5.69 Å². The minimum absolute atomic E-state index is 0.0459. The number of rotatable bonds is 1. The lowest BCUT2D eigenvalue weighted by Gasteiger charge is -2.19. The van der Waals surface area contributed by atoms with Crippen LogP contribution in [0.3, 0.4) is 0 Å². The van der Waals surface area contributed by atoms with Crippen molar-refractivity contribution in [2.24, 2.45) is 11.8 Å². The second-order valence-electron chi connectivity index (χ2n) is 4.73. The van der Waals surface area contributed by atoms with Gasteiger partial charge in [-0.05, 0) is 12.1 Å². The van der Waals surface area contributed by atoms with Crippen molar-refractivity contribution < 1.29 is 9.90 Å². The van der Waals surface area contributed by atoms with Gasteiger partial charge >= 0.3 is 6.09 Å². The molecule has 1 aromatic rings. The molecule has 1 aromatic heterocycles. The molecule has 1 aliphatic carbocycles. The summed E-state index contributed by atoms with van der Waals surface area (Å²) in [6.45, 7) is 0.809. The number of amides is 1. The van der Waals surface area contributed by atoms with Crippen LogP contribution in [0.15, 0.2) is 18.2 Å². The minimum Gasteiger partial charge on any atom is -0.465 e.